The molecule has 1 aliphatic rings. The minimum atomic E-state index is -0.230. The van der Waals surface area contributed by atoms with Crippen LogP contribution in [-0.4, -0.2) is 26.4 Å². The van der Waals surface area contributed by atoms with Gasteiger partial charge in [0.25, 0.3) is 0 Å². The number of anilines is 1. The van der Waals surface area contributed by atoms with Crippen LogP contribution in [0.4, 0.5) is 10.2 Å². The van der Waals surface area contributed by atoms with Gasteiger partial charge in [-0.25, -0.2) is 9.37 Å². The number of benzene rings is 1. The van der Waals surface area contributed by atoms with Gasteiger partial charge in [0.05, 0.1) is 18.0 Å². The fourth-order valence-corrected chi connectivity index (χ4v) is 4.13. The van der Waals surface area contributed by atoms with Gasteiger partial charge in [-0.2, -0.15) is 5.10 Å². The molecule has 1 aliphatic heterocycles. The number of halogens is 1. The van der Waals surface area contributed by atoms with Crippen LogP contribution < -0.4 is 10.1 Å². The average Bonchev–Trinajstić information content (AvgIpc) is 3.32. The van der Waals surface area contributed by atoms with Gasteiger partial charge in [0, 0.05) is 60.2 Å². The molecule has 0 aliphatic carbocycles. The van der Waals surface area contributed by atoms with Crippen LogP contribution in [0.2, 0.25) is 0 Å². The van der Waals surface area contributed by atoms with E-state index in [1.54, 1.807) is 6.07 Å². The van der Waals surface area contributed by atoms with Crippen LogP contribution in [0.5, 0.6) is 5.75 Å². The Bertz CT molecular complexity index is 1280. The molecule has 0 spiro atoms. The normalized spacial score (nSPS) is 12.8. The minimum absolute atomic E-state index is 0.230. The predicted molar refractivity (Wildman–Crippen MR) is 114 cm³/mol. The summed E-state index contributed by atoms with van der Waals surface area (Å²) in [6, 6.07) is 7.26. The van der Waals surface area contributed by atoms with Crippen molar-refractivity contribution in [2.45, 2.75) is 26.8 Å². The lowest BCUT2D eigenvalue weighted by atomic mass is 10.0. The van der Waals surface area contributed by atoms with E-state index in [0.717, 1.165) is 51.2 Å². The van der Waals surface area contributed by atoms with Crippen LogP contribution in [0.25, 0.3) is 22.0 Å². The molecule has 1 aromatic carbocycles. The Morgan fingerprint density at radius 3 is 2.77 bits per heavy atom. The van der Waals surface area contributed by atoms with Gasteiger partial charge in [-0.1, -0.05) is 0 Å². The summed E-state index contributed by atoms with van der Waals surface area (Å²) in [7, 11) is 1.93. The smallest absolute Gasteiger partial charge is 0.135 e. The lowest BCUT2D eigenvalue weighted by molar-refractivity contribution is 0.356. The monoisotopic (exact) mass is 403 g/mol. The Morgan fingerprint density at radius 2 is 1.97 bits per heavy atom. The Hall–Kier alpha value is -3.48. The molecule has 0 bridgehead atoms. The fraction of sp³-hybridized carbons (Fsp3) is 0.261. The van der Waals surface area contributed by atoms with Crippen LogP contribution in [-0.2, 0) is 20.0 Å². The fourth-order valence-electron chi connectivity index (χ4n) is 4.13. The first-order valence-corrected chi connectivity index (χ1v) is 9.94. The first-order valence-electron chi connectivity index (χ1n) is 9.94. The van der Waals surface area contributed by atoms with Crippen molar-refractivity contribution in [1.29, 1.82) is 0 Å². The summed E-state index contributed by atoms with van der Waals surface area (Å²) in [4.78, 5) is 9.12. The van der Waals surface area contributed by atoms with Crippen molar-refractivity contribution in [2.75, 3.05) is 11.9 Å². The van der Waals surface area contributed by atoms with Gasteiger partial charge in [0.2, 0.25) is 0 Å². The second kappa shape index (κ2) is 7.09. The Labute approximate surface area is 173 Å². The molecular formula is C23H22FN5O. The second-order valence-electron chi connectivity index (χ2n) is 7.64. The molecule has 0 atom stereocenters. The Morgan fingerprint density at radius 1 is 1.10 bits per heavy atom. The largest absolute Gasteiger partial charge is 0.493 e. The number of ether oxygens (including phenoxy) is 1. The SMILES string of the molecule is Cc1cc2c(-c3cc(C)nn3C)cnc(NCc3c(F)ccc4c3CCO4)c2cn1. The number of nitrogens with one attached hydrogen (secondary N) is 1. The van der Waals surface area contributed by atoms with Gasteiger partial charge in [-0.05, 0) is 43.5 Å². The standard InChI is InChI=1S/C23H22FN5O/c1-13-8-16-18(21-9-14(2)28-29(21)3)11-27-23(19(16)12-25-13)26-10-17-15-6-7-30-22(15)5-4-20(17)24/h4-5,8-9,11-12H,6-7,10H2,1-3H3,(H,26,27). The molecule has 0 amide bonds. The molecule has 4 heterocycles. The van der Waals surface area contributed by atoms with Crippen molar-refractivity contribution in [3.05, 3.63) is 65.0 Å². The predicted octanol–water partition coefficient (Wildman–Crippen LogP) is 4.33. The highest BCUT2D eigenvalue weighted by molar-refractivity contribution is 6.01. The first kappa shape index (κ1) is 18.5. The minimum Gasteiger partial charge on any atom is -0.493 e. The Balaban J connectivity index is 1.56. The number of rotatable bonds is 4. The van der Waals surface area contributed by atoms with Crippen LogP contribution in [0.1, 0.15) is 22.5 Å². The topological polar surface area (TPSA) is 64.9 Å². The molecule has 3 aromatic heterocycles. The summed E-state index contributed by atoms with van der Waals surface area (Å²) in [6.45, 7) is 4.86. The van der Waals surface area contributed by atoms with Crippen LogP contribution in [0, 0.1) is 19.7 Å². The van der Waals surface area contributed by atoms with Gasteiger partial charge in [0.1, 0.15) is 17.4 Å². The van der Waals surface area contributed by atoms with Crippen LogP contribution in [0.3, 0.4) is 0 Å². The van der Waals surface area contributed by atoms with Crippen molar-refractivity contribution in [2.24, 2.45) is 7.05 Å². The zero-order valence-electron chi connectivity index (χ0n) is 17.2. The van der Waals surface area contributed by atoms with Crippen LogP contribution in [0.15, 0.2) is 36.7 Å². The maximum Gasteiger partial charge on any atom is 0.135 e. The molecule has 0 saturated carbocycles. The molecular weight excluding hydrogens is 381 g/mol. The average molecular weight is 403 g/mol. The molecule has 30 heavy (non-hydrogen) atoms. The van der Waals surface area contributed by atoms with E-state index in [-0.39, 0.29) is 5.82 Å². The third-order valence-electron chi connectivity index (χ3n) is 5.56. The van der Waals surface area contributed by atoms with Crippen molar-refractivity contribution in [3.8, 4) is 17.0 Å². The number of aryl methyl sites for hydroxylation is 3. The van der Waals surface area contributed by atoms with E-state index in [4.69, 9.17) is 4.74 Å². The quantitative estimate of drug-likeness (QED) is 0.549. The summed E-state index contributed by atoms with van der Waals surface area (Å²) in [5.41, 5.74) is 5.41. The molecule has 0 radical (unpaired) electrons. The maximum absolute atomic E-state index is 14.5. The van der Waals surface area contributed by atoms with E-state index in [2.05, 4.69) is 26.4 Å². The Kier molecular flexibility index (Phi) is 4.38. The zero-order chi connectivity index (χ0) is 20.8. The number of hydrogen-bond acceptors (Lipinski definition) is 5. The molecule has 1 N–H and O–H groups in total. The van der Waals surface area contributed by atoms with Crippen molar-refractivity contribution in [3.63, 3.8) is 0 Å². The zero-order valence-corrected chi connectivity index (χ0v) is 17.2. The number of pyridine rings is 2. The van der Waals surface area contributed by atoms with Crippen molar-refractivity contribution >= 4 is 16.6 Å². The van der Waals surface area contributed by atoms with Crippen LogP contribution >= 0.6 is 0 Å². The van der Waals surface area contributed by atoms with Gasteiger partial charge < -0.3 is 10.1 Å². The molecule has 0 saturated heterocycles. The lowest BCUT2D eigenvalue weighted by Gasteiger charge is -2.14. The molecule has 5 rings (SSSR count). The van der Waals surface area contributed by atoms with E-state index in [0.29, 0.717) is 24.5 Å². The van der Waals surface area contributed by atoms with Crippen molar-refractivity contribution < 1.29 is 9.13 Å². The number of fused-ring (bicyclic) bond motifs is 2. The maximum atomic E-state index is 14.5. The molecule has 7 heteroatoms. The highest BCUT2D eigenvalue weighted by atomic mass is 19.1. The van der Waals surface area contributed by atoms with E-state index in [1.165, 1.54) is 6.07 Å². The summed E-state index contributed by atoms with van der Waals surface area (Å²) in [6.07, 6.45) is 4.38. The number of hydrogen-bond donors (Lipinski definition) is 1. The highest BCUT2D eigenvalue weighted by Gasteiger charge is 2.20. The van der Waals surface area contributed by atoms with E-state index in [9.17, 15) is 4.39 Å². The highest BCUT2D eigenvalue weighted by Crippen LogP contribution is 2.34. The van der Waals surface area contributed by atoms with Gasteiger partial charge in [-0.3, -0.25) is 9.67 Å². The molecule has 4 aromatic rings. The number of aromatic nitrogens is 4. The second-order valence-corrected chi connectivity index (χ2v) is 7.64. The van der Waals surface area contributed by atoms with Crippen molar-refractivity contribution in [1.82, 2.24) is 19.7 Å². The summed E-state index contributed by atoms with van der Waals surface area (Å²) < 4.78 is 21.9. The van der Waals surface area contributed by atoms with E-state index >= 15 is 0 Å². The molecule has 6 nitrogen and oxygen atoms in total. The van der Waals surface area contributed by atoms with E-state index in [1.807, 2.05) is 44.0 Å². The van der Waals surface area contributed by atoms with Gasteiger partial charge >= 0.3 is 0 Å². The van der Waals surface area contributed by atoms with Gasteiger partial charge in [-0.15, -0.1) is 0 Å². The molecule has 0 unspecified atom stereocenters. The summed E-state index contributed by atoms with van der Waals surface area (Å²) in [5.74, 6) is 1.22. The number of nitrogens with zero attached hydrogens (tertiary/aromatic N) is 4. The molecule has 0 fully saturated rings. The third-order valence-corrected chi connectivity index (χ3v) is 5.56. The van der Waals surface area contributed by atoms with Gasteiger partial charge in [0.15, 0.2) is 0 Å². The lowest BCUT2D eigenvalue weighted by Crippen LogP contribution is -2.07. The molecule has 152 valence electrons. The van der Waals surface area contributed by atoms with E-state index < -0.39 is 0 Å². The summed E-state index contributed by atoms with van der Waals surface area (Å²) in [5, 5.41) is 9.71. The third kappa shape index (κ3) is 3.07. The first-order chi connectivity index (χ1) is 14.5. The summed E-state index contributed by atoms with van der Waals surface area (Å²) >= 11 is 0.